The lowest BCUT2D eigenvalue weighted by Crippen LogP contribution is -1.92. The van der Waals surface area contributed by atoms with Crippen LogP contribution in [0.5, 0.6) is 11.5 Å². The molecule has 1 aliphatic heterocycles. The third-order valence-electron chi connectivity index (χ3n) is 3.40. The Morgan fingerprint density at radius 3 is 2.09 bits per heavy atom. The molecule has 2 aromatic carbocycles. The summed E-state index contributed by atoms with van der Waals surface area (Å²) >= 11 is 5.85. The molecule has 120 valence electrons. The number of rotatable bonds is 4. The van der Waals surface area contributed by atoms with Gasteiger partial charge in [-0.1, -0.05) is 19.1 Å². The molecule has 0 unspecified atom stereocenters. The highest BCUT2D eigenvalue weighted by Gasteiger charge is 2.13. The molecule has 0 bridgehead atoms. The Morgan fingerprint density at radius 2 is 1.52 bits per heavy atom. The van der Waals surface area contributed by atoms with E-state index >= 15 is 0 Å². The number of hydrogen-bond acceptors (Lipinski definition) is 4. The maximum absolute atomic E-state index is 12.9. The lowest BCUT2D eigenvalue weighted by atomic mass is 10.1. The third kappa shape index (κ3) is 4.49. The van der Waals surface area contributed by atoms with Gasteiger partial charge < -0.3 is 4.74 Å². The first-order chi connectivity index (χ1) is 11.3. The zero-order valence-electron chi connectivity index (χ0n) is 12.8. The number of halogens is 1. The zero-order valence-corrected chi connectivity index (χ0v) is 15.2. The maximum atomic E-state index is 12.9. The van der Waals surface area contributed by atoms with E-state index < -0.39 is 0 Å². The van der Waals surface area contributed by atoms with E-state index in [-0.39, 0.29) is 5.82 Å². The molecule has 0 spiro atoms. The second-order valence-corrected chi connectivity index (χ2v) is 8.87. The quantitative estimate of drug-likeness (QED) is 0.588. The summed E-state index contributed by atoms with van der Waals surface area (Å²) in [6.45, 7) is 2.20. The highest BCUT2D eigenvalue weighted by atomic mass is 32.3. The largest absolute Gasteiger partial charge is 0.457 e. The van der Waals surface area contributed by atoms with Gasteiger partial charge in [0.15, 0.2) is 0 Å². The molecule has 0 atom stereocenters. The predicted molar refractivity (Wildman–Crippen MR) is 103 cm³/mol. The number of thioether (sulfide) groups is 3. The first-order valence-electron chi connectivity index (χ1n) is 7.36. The van der Waals surface area contributed by atoms with Gasteiger partial charge in [0.25, 0.3) is 0 Å². The summed E-state index contributed by atoms with van der Waals surface area (Å²) in [6.07, 6.45) is 1.03. The normalized spacial score (nSPS) is 14.6. The summed E-state index contributed by atoms with van der Waals surface area (Å²) in [7, 11) is 0. The van der Waals surface area contributed by atoms with Crippen LogP contribution in [0.25, 0.3) is 5.57 Å². The Balaban J connectivity index is 1.76. The molecule has 0 saturated carbocycles. The topological polar surface area (TPSA) is 9.23 Å². The van der Waals surface area contributed by atoms with Gasteiger partial charge in [-0.2, -0.15) is 0 Å². The molecule has 2 aromatic rings. The minimum Gasteiger partial charge on any atom is -0.457 e. The van der Waals surface area contributed by atoms with Crippen molar-refractivity contribution in [3.8, 4) is 11.5 Å². The molecular weight excluding hydrogens is 347 g/mol. The molecule has 1 saturated heterocycles. The average Bonchev–Trinajstić information content (AvgIpc) is 2.60. The summed E-state index contributed by atoms with van der Waals surface area (Å²) in [5, 5.41) is 2.27. The first kappa shape index (κ1) is 16.8. The lowest BCUT2D eigenvalue weighted by Gasteiger charge is -2.17. The molecule has 1 nitrogen and oxygen atoms in total. The van der Waals surface area contributed by atoms with Crippen LogP contribution in [0.1, 0.15) is 18.9 Å². The van der Waals surface area contributed by atoms with E-state index in [1.807, 2.05) is 47.4 Å². The minimum atomic E-state index is -0.257. The smallest absolute Gasteiger partial charge is 0.127 e. The molecule has 0 amide bonds. The van der Waals surface area contributed by atoms with Crippen LogP contribution in [-0.4, -0.2) is 10.2 Å². The van der Waals surface area contributed by atoms with Crippen molar-refractivity contribution in [2.75, 3.05) is 10.2 Å². The van der Waals surface area contributed by atoms with Crippen LogP contribution in [0.4, 0.5) is 4.39 Å². The fraction of sp³-hybridized carbons (Fsp3) is 0.222. The Kier molecular flexibility index (Phi) is 5.97. The van der Waals surface area contributed by atoms with E-state index in [1.54, 1.807) is 12.1 Å². The monoisotopic (exact) mass is 364 g/mol. The number of ether oxygens (including phenoxy) is 1. The van der Waals surface area contributed by atoms with Gasteiger partial charge in [-0.3, -0.25) is 0 Å². The van der Waals surface area contributed by atoms with E-state index in [1.165, 1.54) is 27.5 Å². The van der Waals surface area contributed by atoms with Crippen molar-refractivity contribution < 1.29 is 9.13 Å². The van der Waals surface area contributed by atoms with Crippen molar-refractivity contribution in [2.45, 2.75) is 13.3 Å². The Bertz CT molecular complexity index is 672. The fourth-order valence-electron chi connectivity index (χ4n) is 2.27. The predicted octanol–water partition coefficient (Wildman–Crippen LogP) is 6.82. The number of hydrogen-bond donors (Lipinski definition) is 0. The van der Waals surface area contributed by atoms with Crippen LogP contribution >= 0.6 is 35.3 Å². The molecular formula is C18H17FOS3. The van der Waals surface area contributed by atoms with Gasteiger partial charge in [-0.15, -0.1) is 35.3 Å². The van der Waals surface area contributed by atoms with E-state index in [2.05, 4.69) is 19.1 Å². The van der Waals surface area contributed by atoms with Crippen molar-refractivity contribution in [2.24, 2.45) is 0 Å². The maximum Gasteiger partial charge on any atom is 0.127 e. The molecule has 1 heterocycles. The average molecular weight is 365 g/mol. The minimum absolute atomic E-state index is 0.257. The van der Waals surface area contributed by atoms with Crippen molar-refractivity contribution in [1.82, 2.24) is 0 Å². The first-order valence-corrected chi connectivity index (χ1v) is 10.5. The molecule has 1 aliphatic rings. The van der Waals surface area contributed by atoms with Crippen molar-refractivity contribution >= 4 is 40.9 Å². The Labute approximate surface area is 149 Å². The van der Waals surface area contributed by atoms with Gasteiger partial charge in [0, 0.05) is 14.4 Å². The van der Waals surface area contributed by atoms with Crippen LogP contribution in [0.15, 0.2) is 52.8 Å². The third-order valence-corrected chi connectivity index (χ3v) is 7.40. The summed E-state index contributed by atoms with van der Waals surface area (Å²) in [4.78, 5) is 0. The summed E-state index contributed by atoms with van der Waals surface area (Å²) in [6, 6.07) is 14.2. The van der Waals surface area contributed by atoms with Crippen LogP contribution < -0.4 is 4.74 Å². The van der Waals surface area contributed by atoms with Gasteiger partial charge in [0.2, 0.25) is 0 Å². The van der Waals surface area contributed by atoms with E-state index in [0.29, 0.717) is 5.75 Å². The number of benzene rings is 2. The number of allylic oxidation sites excluding steroid dienone is 1. The molecule has 0 aromatic heterocycles. The van der Waals surface area contributed by atoms with Crippen LogP contribution in [0.2, 0.25) is 0 Å². The van der Waals surface area contributed by atoms with E-state index in [9.17, 15) is 4.39 Å². The molecule has 0 N–H and O–H groups in total. The molecule has 3 rings (SSSR count). The highest BCUT2D eigenvalue weighted by Crippen LogP contribution is 2.44. The molecule has 23 heavy (non-hydrogen) atoms. The summed E-state index contributed by atoms with van der Waals surface area (Å²) < 4.78 is 20.1. The van der Waals surface area contributed by atoms with Crippen molar-refractivity contribution in [3.05, 3.63) is 64.1 Å². The summed E-state index contributed by atoms with van der Waals surface area (Å²) in [5.74, 6) is 1.15. The zero-order chi connectivity index (χ0) is 16.1. The standard InChI is InChI=1S/C18H17FOS3/c1-2-17(18-22-11-21-12-23-18)13-3-7-15(8-4-13)20-16-9-5-14(19)6-10-16/h3-10H,2,11-12H2,1H3. The van der Waals surface area contributed by atoms with E-state index in [0.717, 1.165) is 22.3 Å². The molecule has 1 fully saturated rings. The Morgan fingerprint density at radius 1 is 0.957 bits per heavy atom. The van der Waals surface area contributed by atoms with Crippen molar-refractivity contribution in [1.29, 1.82) is 0 Å². The van der Waals surface area contributed by atoms with Gasteiger partial charge in [-0.25, -0.2) is 4.39 Å². The highest BCUT2D eigenvalue weighted by molar-refractivity contribution is 8.36. The second kappa shape index (κ2) is 8.18. The second-order valence-electron chi connectivity index (χ2n) is 4.93. The van der Waals surface area contributed by atoms with Crippen LogP contribution in [0, 0.1) is 5.82 Å². The van der Waals surface area contributed by atoms with E-state index in [4.69, 9.17) is 4.74 Å². The lowest BCUT2D eigenvalue weighted by molar-refractivity contribution is 0.480. The molecule has 0 aliphatic carbocycles. The van der Waals surface area contributed by atoms with Gasteiger partial charge >= 0.3 is 0 Å². The van der Waals surface area contributed by atoms with Gasteiger partial charge in [0.1, 0.15) is 17.3 Å². The van der Waals surface area contributed by atoms with Crippen molar-refractivity contribution in [3.63, 3.8) is 0 Å². The van der Waals surface area contributed by atoms with Crippen LogP contribution in [-0.2, 0) is 0 Å². The summed E-state index contributed by atoms with van der Waals surface area (Å²) in [5.41, 5.74) is 2.66. The molecule has 5 heteroatoms. The van der Waals surface area contributed by atoms with Crippen LogP contribution in [0.3, 0.4) is 0 Å². The van der Waals surface area contributed by atoms with Gasteiger partial charge in [0.05, 0.1) is 0 Å². The Hall–Kier alpha value is -1.04. The van der Waals surface area contributed by atoms with Gasteiger partial charge in [-0.05, 0) is 54.0 Å². The SMILES string of the molecule is CCC(=C1SCSCS1)c1ccc(Oc2ccc(F)cc2)cc1. The molecule has 0 radical (unpaired) electrons. The fourth-order valence-corrected chi connectivity index (χ4v) is 6.75.